The van der Waals surface area contributed by atoms with Gasteiger partial charge in [0.05, 0.1) is 5.69 Å². The molecule has 3 aromatic rings. The standard InChI is InChI=1S/C20H15Cl2N3/c1-11-3-4-13(7-12(11)2)19-9-16(17(10-23)20(24)25-19)15-6-5-14(21)8-18(15)22/h3-9H,1-2H3,(H2,24,25). The summed E-state index contributed by atoms with van der Waals surface area (Å²) in [4.78, 5) is 4.40. The van der Waals surface area contributed by atoms with Gasteiger partial charge in [-0.2, -0.15) is 5.26 Å². The van der Waals surface area contributed by atoms with E-state index in [0.29, 0.717) is 32.4 Å². The second kappa shape index (κ2) is 6.76. The van der Waals surface area contributed by atoms with Gasteiger partial charge in [-0.3, -0.25) is 0 Å². The maximum absolute atomic E-state index is 9.51. The second-order valence-corrected chi connectivity index (χ2v) is 6.69. The van der Waals surface area contributed by atoms with E-state index >= 15 is 0 Å². The molecule has 0 aliphatic carbocycles. The monoisotopic (exact) mass is 367 g/mol. The predicted octanol–water partition coefficient (Wildman–Crippen LogP) is 5.79. The molecule has 0 radical (unpaired) electrons. The molecule has 5 heteroatoms. The molecule has 3 rings (SSSR count). The Labute approximate surface area is 156 Å². The number of nitrogen functional groups attached to an aromatic ring is 1. The summed E-state index contributed by atoms with van der Waals surface area (Å²) in [5.74, 6) is 0.180. The fourth-order valence-electron chi connectivity index (χ4n) is 2.65. The van der Waals surface area contributed by atoms with Crippen LogP contribution < -0.4 is 5.73 Å². The largest absolute Gasteiger partial charge is 0.383 e. The van der Waals surface area contributed by atoms with Gasteiger partial charge in [0.1, 0.15) is 17.5 Å². The second-order valence-electron chi connectivity index (χ2n) is 5.85. The number of aromatic nitrogens is 1. The highest BCUT2D eigenvalue weighted by molar-refractivity contribution is 6.36. The molecule has 0 saturated carbocycles. The zero-order chi connectivity index (χ0) is 18.1. The summed E-state index contributed by atoms with van der Waals surface area (Å²) in [7, 11) is 0. The van der Waals surface area contributed by atoms with Crippen molar-refractivity contribution in [3.05, 3.63) is 69.2 Å². The molecule has 2 N–H and O–H groups in total. The first-order valence-electron chi connectivity index (χ1n) is 7.64. The molecule has 0 amide bonds. The Bertz CT molecular complexity index is 1020. The lowest BCUT2D eigenvalue weighted by molar-refractivity contribution is 1.29. The van der Waals surface area contributed by atoms with Crippen molar-refractivity contribution in [2.45, 2.75) is 13.8 Å². The van der Waals surface area contributed by atoms with Crippen molar-refractivity contribution in [2.24, 2.45) is 0 Å². The third-order valence-corrected chi connectivity index (χ3v) is 4.73. The van der Waals surface area contributed by atoms with Crippen LogP contribution in [0, 0.1) is 25.2 Å². The van der Waals surface area contributed by atoms with Gasteiger partial charge in [-0.1, -0.05) is 41.4 Å². The highest BCUT2D eigenvalue weighted by atomic mass is 35.5. The topological polar surface area (TPSA) is 62.7 Å². The summed E-state index contributed by atoms with van der Waals surface area (Å²) in [5, 5.41) is 10.5. The molecule has 0 bridgehead atoms. The number of hydrogen-bond donors (Lipinski definition) is 1. The minimum Gasteiger partial charge on any atom is -0.383 e. The zero-order valence-electron chi connectivity index (χ0n) is 13.8. The lowest BCUT2D eigenvalue weighted by Gasteiger charge is -2.12. The molecule has 0 unspecified atom stereocenters. The fourth-order valence-corrected chi connectivity index (χ4v) is 3.16. The molecule has 0 aliphatic rings. The molecule has 1 heterocycles. The number of rotatable bonds is 2. The number of pyridine rings is 1. The molecule has 0 atom stereocenters. The Morgan fingerprint density at radius 3 is 2.36 bits per heavy atom. The normalized spacial score (nSPS) is 10.5. The molecule has 0 fully saturated rings. The summed E-state index contributed by atoms with van der Waals surface area (Å²) >= 11 is 12.3. The molecule has 0 spiro atoms. The van der Waals surface area contributed by atoms with Crippen LogP contribution in [0.5, 0.6) is 0 Å². The van der Waals surface area contributed by atoms with Crippen LogP contribution in [0.15, 0.2) is 42.5 Å². The highest BCUT2D eigenvalue weighted by Gasteiger charge is 2.16. The van der Waals surface area contributed by atoms with Crippen molar-refractivity contribution in [3.8, 4) is 28.5 Å². The molecular weight excluding hydrogens is 353 g/mol. The number of hydrogen-bond acceptors (Lipinski definition) is 3. The van der Waals surface area contributed by atoms with Gasteiger partial charge < -0.3 is 5.73 Å². The third-order valence-electron chi connectivity index (χ3n) is 4.18. The summed E-state index contributed by atoms with van der Waals surface area (Å²) in [6, 6.07) is 15.2. The highest BCUT2D eigenvalue weighted by Crippen LogP contribution is 2.36. The summed E-state index contributed by atoms with van der Waals surface area (Å²) in [5.41, 5.74) is 11.7. The van der Waals surface area contributed by atoms with E-state index in [2.05, 4.69) is 24.0 Å². The van der Waals surface area contributed by atoms with Gasteiger partial charge in [0.25, 0.3) is 0 Å². The first kappa shape index (κ1) is 17.3. The smallest absolute Gasteiger partial charge is 0.142 e. The van der Waals surface area contributed by atoms with Crippen LogP contribution in [0.4, 0.5) is 5.82 Å². The van der Waals surface area contributed by atoms with Gasteiger partial charge in [0, 0.05) is 26.7 Å². The van der Waals surface area contributed by atoms with Gasteiger partial charge in [-0.15, -0.1) is 0 Å². The Kier molecular flexibility index (Phi) is 4.67. The van der Waals surface area contributed by atoms with E-state index in [4.69, 9.17) is 28.9 Å². The number of anilines is 1. The average molecular weight is 368 g/mol. The van der Waals surface area contributed by atoms with Crippen LogP contribution >= 0.6 is 23.2 Å². The first-order chi connectivity index (χ1) is 11.9. The number of aryl methyl sites for hydroxylation is 2. The SMILES string of the molecule is Cc1ccc(-c2cc(-c3ccc(Cl)cc3Cl)c(C#N)c(N)n2)cc1C. The fraction of sp³-hybridized carbons (Fsp3) is 0.100. The maximum Gasteiger partial charge on any atom is 0.142 e. The lowest BCUT2D eigenvalue weighted by atomic mass is 9.97. The van der Waals surface area contributed by atoms with E-state index in [0.717, 1.165) is 11.1 Å². The number of halogens is 2. The molecule has 25 heavy (non-hydrogen) atoms. The average Bonchev–Trinajstić information content (AvgIpc) is 2.56. The number of nitriles is 1. The van der Waals surface area contributed by atoms with E-state index in [1.165, 1.54) is 5.56 Å². The number of nitrogens with two attached hydrogens (primary N) is 1. The van der Waals surface area contributed by atoms with Crippen molar-refractivity contribution >= 4 is 29.0 Å². The van der Waals surface area contributed by atoms with E-state index in [1.807, 2.05) is 25.1 Å². The molecule has 124 valence electrons. The summed E-state index contributed by atoms with van der Waals surface area (Å²) in [6.07, 6.45) is 0. The van der Waals surface area contributed by atoms with Gasteiger partial charge in [-0.25, -0.2) is 4.98 Å². The van der Waals surface area contributed by atoms with Crippen LogP contribution in [0.1, 0.15) is 16.7 Å². The van der Waals surface area contributed by atoms with Gasteiger partial charge in [0.15, 0.2) is 0 Å². The lowest BCUT2D eigenvalue weighted by Crippen LogP contribution is -2.00. The summed E-state index contributed by atoms with van der Waals surface area (Å²) < 4.78 is 0. The molecule has 3 nitrogen and oxygen atoms in total. The van der Waals surface area contributed by atoms with Gasteiger partial charge in [0.2, 0.25) is 0 Å². The molecule has 0 saturated heterocycles. The third kappa shape index (κ3) is 3.32. The minimum atomic E-state index is 0.180. The molecular formula is C20H15Cl2N3. The number of benzene rings is 2. The van der Waals surface area contributed by atoms with E-state index < -0.39 is 0 Å². The quantitative estimate of drug-likeness (QED) is 0.622. The minimum absolute atomic E-state index is 0.180. The summed E-state index contributed by atoms with van der Waals surface area (Å²) in [6.45, 7) is 4.10. The van der Waals surface area contributed by atoms with Crippen LogP contribution in [-0.2, 0) is 0 Å². The van der Waals surface area contributed by atoms with E-state index in [-0.39, 0.29) is 5.82 Å². The Hall–Kier alpha value is -2.54. The van der Waals surface area contributed by atoms with Crippen LogP contribution in [-0.4, -0.2) is 4.98 Å². The van der Waals surface area contributed by atoms with Crippen molar-refractivity contribution < 1.29 is 0 Å². The Balaban J connectivity index is 2.26. The van der Waals surface area contributed by atoms with E-state index in [9.17, 15) is 5.26 Å². The zero-order valence-corrected chi connectivity index (χ0v) is 15.3. The Morgan fingerprint density at radius 2 is 1.72 bits per heavy atom. The van der Waals surface area contributed by atoms with Crippen LogP contribution in [0.2, 0.25) is 10.0 Å². The van der Waals surface area contributed by atoms with Crippen molar-refractivity contribution in [1.29, 1.82) is 5.26 Å². The van der Waals surface area contributed by atoms with Crippen LogP contribution in [0.25, 0.3) is 22.4 Å². The number of nitrogens with zero attached hydrogens (tertiary/aromatic N) is 2. The molecule has 2 aromatic carbocycles. The van der Waals surface area contributed by atoms with Gasteiger partial charge >= 0.3 is 0 Å². The Morgan fingerprint density at radius 1 is 0.960 bits per heavy atom. The molecule has 1 aromatic heterocycles. The van der Waals surface area contributed by atoms with Crippen molar-refractivity contribution in [1.82, 2.24) is 4.98 Å². The van der Waals surface area contributed by atoms with Gasteiger partial charge in [-0.05, 0) is 49.2 Å². The van der Waals surface area contributed by atoms with E-state index in [1.54, 1.807) is 18.2 Å². The van der Waals surface area contributed by atoms with Crippen molar-refractivity contribution in [3.63, 3.8) is 0 Å². The van der Waals surface area contributed by atoms with Crippen molar-refractivity contribution in [2.75, 3.05) is 5.73 Å². The van der Waals surface area contributed by atoms with Crippen LogP contribution in [0.3, 0.4) is 0 Å². The maximum atomic E-state index is 9.51. The molecule has 0 aliphatic heterocycles. The first-order valence-corrected chi connectivity index (χ1v) is 8.40. The predicted molar refractivity (Wildman–Crippen MR) is 104 cm³/mol.